The largest absolute Gasteiger partial charge is 0.366 e. The Hall–Kier alpha value is -1.57. The Balaban J connectivity index is 2.02. The molecular formula is C17H25N3O. The molecule has 2 unspecified atom stereocenters. The Morgan fingerprint density at radius 3 is 2.76 bits per heavy atom. The average molecular weight is 287 g/mol. The second kappa shape index (κ2) is 8.02. The molecule has 1 N–H and O–H groups in total. The second-order valence-electron chi connectivity index (χ2n) is 5.44. The Morgan fingerprint density at radius 2 is 2.14 bits per heavy atom. The quantitative estimate of drug-likeness (QED) is 0.874. The first-order valence-electron chi connectivity index (χ1n) is 7.88. The summed E-state index contributed by atoms with van der Waals surface area (Å²) in [5.41, 5.74) is 2.51. The first-order chi connectivity index (χ1) is 10.3. The van der Waals surface area contributed by atoms with Crippen molar-refractivity contribution >= 4 is 5.69 Å². The first kappa shape index (κ1) is 15.8. The highest BCUT2D eigenvalue weighted by atomic mass is 16.5. The minimum absolute atomic E-state index is 0.312. The van der Waals surface area contributed by atoms with Crippen molar-refractivity contribution < 1.29 is 4.74 Å². The van der Waals surface area contributed by atoms with E-state index in [1.54, 1.807) is 0 Å². The minimum Gasteiger partial charge on any atom is -0.366 e. The van der Waals surface area contributed by atoms with Crippen LogP contribution in [0.5, 0.6) is 0 Å². The number of ether oxygens (including phenoxy) is 1. The lowest BCUT2D eigenvalue weighted by atomic mass is 10.0. The number of hydrogen-bond donors (Lipinski definition) is 1. The Labute approximate surface area is 127 Å². The predicted octanol–water partition coefficient (Wildman–Crippen LogP) is 2.87. The normalized spacial score (nSPS) is 20.0. The van der Waals surface area contributed by atoms with Crippen LogP contribution in [0.15, 0.2) is 24.3 Å². The third-order valence-electron chi connectivity index (χ3n) is 3.92. The summed E-state index contributed by atoms with van der Waals surface area (Å²) >= 11 is 0. The molecule has 1 aromatic rings. The van der Waals surface area contributed by atoms with Crippen molar-refractivity contribution in [2.24, 2.45) is 0 Å². The molecule has 21 heavy (non-hydrogen) atoms. The highest BCUT2D eigenvalue weighted by Crippen LogP contribution is 2.22. The fourth-order valence-electron chi connectivity index (χ4n) is 2.70. The standard InChI is InChI=1S/C17H25N3O/c1-3-9-19-17(4-2)14-5-7-15(8-6-14)20-10-11-21-16(12-18)13-20/h5-8,16-17,19H,3-4,9-11,13H2,1-2H3. The Bertz CT molecular complexity index is 466. The maximum atomic E-state index is 8.98. The van der Waals surface area contributed by atoms with Crippen LogP contribution in [0.1, 0.15) is 38.3 Å². The molecule has 1 aliphatic rings. The van der Waals surface area contributed by atoms with Crippen molar-refractivity contribution in [3.05, 3.63) is 29.8 Å². The number of nitrogens with one attached hydrogen (secondary N) is 1. The lowest BCUT2D eigenvalue weighted by Gasteiger charge is -2.31. The van der Waals surface area contributed by atoms with Gasteiger partial charge in [-0.1, -0.05) is 26.0 Å². The van der Waals surface area contributed by atoms with Gasteiger partial charge in [-0.25, -0.2) is 0 Å². The molecule has 1 heterocycles. The van der Waals surface area contributed by atoms with Crippen molar-refractivity contribution in [1.82, 2.24) is 5.32 Å². The maximum Gasteiger partial charge on any atom is 0.161 e. The molecule has 2 atom stereocenters. The number of morpholine rings is 1. The smallest absolute Gasteiger partial charge is 0.161 e. The zero-order valence-electron chi connectivity index (χ0n) is 13.0. The predicted molar refractivity (Wildman–Crippen MR) is 85.3 cm³/mol. The van der Waals surface area contributed by atoms with E-state index in [-0.39, 0.29) is 6.10 Å². The van der Waals surface area contributed by atoms with E-state index in [0.29, 0.717) is 19.2 Å². The van der Waals surface area contributed by atoms with E-state index in [1.807, 2.05) is 0 Å². The van der Waals surface area contributed by atoms with Gasteiger partial charge in [0, 0.05) is 18.3 Å². The number of hydrogen-bond acceptors (Lipinski definition) is 4. The van der Waals surface area contributed by atoms with E-state index in [4.69, 9.17) is 10.00 Å². The third-order valence-corrected chi connectivity index (χ3v) is 3.92. The van der Waals surface area contributed by atoms with Crippen LogP contribution in [0.4, 0.5) is 5.69 Å². The average Bonchev–Trinajstić information content (AvgIpc) is 2.56. The van der Waals surface area contributed by atoms with Crippen molar-refractivity contribution in [2.75, 3.05) is 31.1 Å². The van der Waals surface area contributed by atoms with Crippen LogP contribution < -0.4 is 10.2 Å². The van der Waals surface area contributed by atoms with Gasteiger partial charge in [-0.2, -0.15) is 5.26 Å². The highest BCUT2D eigenvalue weighted by molar-refractivity contribution is 5.48. The van der Waals surface area contributed by atoms with Crippen LogP contribution in [-0.4, -0.2) is 32.3 Å². The molecule has 2 rings (SSSR count). The van der Waals surface area contributed by atoms with Crippen LogP contribution in [0.25, 0.3) is 0 Å². The van der Waals surface area contributed by atoms with E-state index in [9.17, 15) is 0 Å². The molecule has 1 aromatic carbocycles. The zero-order chi connectivity index (χ0) is 15.1. The minimum atomic E-state index is -0.312. The van der Waals surface area contributed by atoms with Gasteiger partial charge in [0.2, 0.25) is 0 Å². The van der Waals surface area contributed by atoms with Crippen LogP contribution in [0, 0.1) is 11.3 Å². The lowest BCUT2D eigenvalue weighted by Crippen LogP contribution is -2.41. The summed E-state index contributed by atoms with van der Waals surface area (Å²) in [4.78, 5) is 2.22. The molecule has 114 valence electrons. The lowest BCUT2D eigenvalue weighted by molar-refractivity contribution is 0.0764. The summed E-state index contributed by atoms with van der Waals surface area (Å²) < 4.78 is 5.39. The van der Waals surface area contributed by atoms with Crippen LogP contribution >= 0.6 is 0 Å². The molecule has 1 saturated heterocycles. The molecule has 0 amide bonds. The molecule has 1 aliphatic heterocycles. The SMILES string of the molecule is CCCNC(CC)c1ccc(N2CCOC(C#N)C2)cc1. The van der Waals surface area contributed by atoms with Crippen molar-refractivity contribution in [3.63, 3.8) is 0 Å². The molecular weight excluding hydrogens is 262 g/mol. The van der Waals surface area contributed by atoms with Gasteiger partial charge in [0.25, 0.3) is 0 Å². The monoisotopic (exact) mass is 287 g/mol. The molecule has 4 nitrogen and oxygen atoms in total. The van der Waals surface area contributed by atoms with Gasteiger partial charge in [0.05, 0.1) is 19.2 Å². The van der Waals surface area contributed by atoms with Crippen molar-refractivity contribution in [2.45, 2.75) is 38.8 Å². The molecule has 0 bridgehead atoms. The van der Waals surface area contributed by atoms with Gasteiger partial charge >= 0.3 is 0 Å². The molecule has 0 radical (unpaired) electrons. The molecule has 0 saturated carbocycles. The summed E-state index contributed by atoms with van der Waals surface area (Å²) in [5, 5.41) is 12.6. The number of benzene rings is 1. The maximum absolute atomic E-state index is 8.98. The zero-order valence-corrected chi connectivity index (χ0v) is 13.0. The van der Waals surface area contributed by atoms with Crippen molar-refractivity contribution in [3.8, 4) is 6.07 Å². The van der Waals surface area contributed by atoms with Gasteiger partial charge < -0.3 is 15.0 Å². The Morgan fingerprint density at radius 1 is 1.38 bits per heavy atom. The van der Waals surface area contributed by atoms with E-state index >= 15 is 0 Å². The first-order valence-corrected chi connectivity index (χ1v) is 7.88. The number of rotatable bonds is 6. The van der Waals surface area contributed by atoms with E-state index in [0.717, 1.165) is 25.9 Å². The van der Waals surface area contributed by atoms with E-state index in [1.165, 1.54) is 11.3 Å². The van der Waals surface area contributed by atoms with E-state index < -0.39 is 0 Å². The number of nitrogens with zero attached hydrogens (tertiary/aromatic N) is 2. The van der Waals surface area contributed by atoms with Crippen LogP contribution in [0.3, 0.4) is 0 Å². The second-order valence-corrected chi connectivity index (χ2v) is 5.44. The fraction of sp³-hybridized carbons (Fsp3) is 0.588. The summed E-state index contributed by atoms with van der Waals surface area (Å²) in [6, 6.07) is 11.3. The van der Waals surface area contributed by atoms with Crippen LogP contribution in [0.2, 0.25) is 0 Å². The number of nitriles is 1. The molecule has 0 spiro atoms. The van der Waals surface area contributed by atoms with Gasteiger partial charge in [-0.3, -0.25) is 0 Å². The van der Waals surface area contributed by atoms with Crippen molar-refractivity contribution in [1.29, 1.82) is 5.26 Å². The van der Waals surface area contributed by atoms with Gasteiger partial charge in [0.1, 0.15) is 0 Å². The molecule has 0 aromatic heterocycles. The number of anilines is 1. The summed E-state index contributed by atoms with van der Waals surface area (Å²) in [6.07, 6.45) is 1.93. The molecule has 4 heteroatoms. The molecule has 0 aliphatic carbocycles. The van der Waals surface area contributed by atoms with Crippen LogP contribution in [-0.2, 0) is 4.74 Å². The topological polar surface area (TPSA) is 48.3 Å². The summed E-state index contributed by atoms with van der Waals surface area (Å²) in [6.45, 7) is 7.57. The van der Waals surface area contributed by atoms with E-state index in [2.05, 4.69) is 54.4 Å². The Kier molecular flexibility index (Phi) is 6.04. The van der Waals surface area contributed by atoms with Gasteiger partial charge in [0.15, 0.2) is 6.10 Å². The fourth-order valence-corrected chi connectivity index (χ4v) is 2.70. The highest BCUT2D eigenvalue weighted by Gasteiger charge is 2.20. The van der Waals surface area contributed by atoms with Gasteiger partial charge in [-0.05, 0) is 37.1 Å². The van der Waals surface area contributed by atoms with Gasteiger partial charge in [-0.15, -0.1) is 0 Å². The third kappa shape index (κ3) is 4.20. The summed E-state index contributed by atoms with van der Waals surface area (Å²) in [5.74, 6) is 0. The molecule has 1 fully saturated rings. The summed E-state index contributed by atoms with van der Waals surface area (Å²) in [7, 11) is 0.